The van der Waals surface area contributed by atoms with E-state index >= 15 is 0 Å². The van der Waals surface area contributed by atoms with Crippen molar-refractivity contribution in [3.63, 3.8) is 0 Å². The maximum Gasteiger partial charge on any atom is 0.333 e. The molecule has 0 aliphatic carbocycles. The quantitative estimate of drug-likeness (QED) is 0.708. The van der Waals surface area contributed by atoms with Crippen molar-refractivity contribution in [2.75, 3.05) is 0 Å². The number of amides is 1. The van der Waals surface area contributed by atoms with Gasteiger partial charge in [0.1, 0.15) is 12.2 Å². The van der Waals surface area contributed by atoms with E-state index < -0.39 is 22.8 Å². The topological polar surface area (TPSA) is 109 Å². The van der Waals surface area contributed by atoms with Crippen molar-refractivity contribution in [3.05, 3.63) is 74.1 Å². The zero-order chi connectivity index (χ0) is 20.8. The van der Waals surface area contributed by atoms with Gasteiger partial charge < -0.3 is 10.5 Å². The number of benzene rings is 1. The minimum atomic E-state index is -0.679. The van der Waals surface area contributed by atoms with E-state index in [4.69, 9.17) is 10.5 Å². The van der Waals surface area contributed by atoms with Crippen LogP contribution in [0.4, 0.5) is 0 Å². The van der Waals surface area contributed by atoms with Crippen molar-refractivity contribution >= 4 is 16.9 Å². The fraction of sp³-hybridized carbons (Fsp3) is 0.333. The number of nitrogens with two attached hydrogens (primary N) is 1. The molecule has 0 atom stereocenters. The second-order valence-corrected chi connectivity index (χ2v) is 7.90. The first kappa shape index (κ1) is 19.1. The van der Waals surface area contributed by atoms with Crippen molar-refractivity contribution < 1.29 is 9.53 Å². The number of pyridine rings is 1. The monoisotopic (exact) mass is 394 g/mol. The SMILES string of the molecule is CC1(C)Cc2nc3c(cc2CO1)c(=O)n(Cc1ccccc1)c(=O)n3CC(N)=O. The summed E-state index contributed by atoms with van der Waals surface area (Å²) in [6, 6.07) is 10.9. The number of aromatic nitrogens is 3. The lowest BCUT2D eigenvalue weighted by molar-refractivity contribution is -0.118. The normalized spacial score (nSPS) is 15.2. The van der Waals surface area contributed by atoms with Crippen LogP contribution in [0.25, 0.3) is 11.0 Å². The lowest BCUT2D eigenvalue weighted by Crippen LogP contribution is -2.43. The molecule has 8 heteroatoms. The number of carbonyl (C=O) groups excluding carboxylic acids is 1. The molecule has 0 fully saturated rings. The highest BCUT2D eigenvalue weighted by atomic mass is 16.5. The molecular weight excluding hydrogens is 372 g/mol. The molecule has 2 aromatic heterocycles. The number of hydrogen-bond donors (Lipinski definition) is 1. The molecule has 0 saturated carbocycles. The molecule has 0 saturated heterocycles. The van der Waals surface area contributed by atoms with Crippen LogP contribution < -0.4 is 17.0 Å². The van der Waals surface area contributed by atoms with Crippen LogP contribution in [0.15, 0.2) is 46.0 Å². The van der Waals surface area contributed by atoms with Crippen molar-refractivity contribution in [2.24, 2.45) is 5.73 Å². The molecule has 2 N–H and O–H groups in total. The van der Waals surface area contributed by atoms with Crippen LogP contribution in [-0.4, -0.2) is 25.6 Å². The van der Waals surface area contributed by atoms with Crippen molar-refractivity contribution in [2.45, 2.75) is 45.6 Å². The van der Waals surface area contributed by atoms with E-state index in [0.717, 1.165) is 21.4 Å². The molecule has 150 valence electrons. The van der Waals surface area contributed by atoms with Gasteiger partial charge in [0.05, 0.1) is 29.8 Å². The molecule has 3 heterocycles. The minimum absolute atomic E-state index is 0.0911. The molecule has 3 aromatic rings. The fourth-order valence-corrected chi connectivity index (χ4v) is 3.62. The van der Waals surface area contributed by atoms with E-state index in [-0.39, 0.29) is 24.1 Å². The van der Waals surface area contributed by atoms with Gasteiger partial charge in [-0.2, -0.15) is 0 Å². The molecule has 0 bridgehead atoms. The second-order valence-electron chi connectivity index (χ2n) is 7.90. The van der Waals surface area contributed by atoms with E-state index in [1.54, 1.807) is 6.07 Å². The van der Waals surface area contributed by atoms with E-state index in [0.29, 0.717) is 13.0 Å². The highest BCUT2D eigenvalue weighted by Gasteiger charge is 2.28. The van der Waals surface area contributed by atoms with E-state index in [9.17, 15) is 14.4 Å². The molecule has 0 radical (unpaired) electrons. The summed E-state index contributed by atoms with van der Waals surface area (Å²) in [5.74, 6) is -0.679. The van der Waals surface area contributed by atoms with Gasteiger partial charge in [0.15, 0.2) is 0 Å². The Morgan fingerprint density at radius 1 is 1.21 bits per heavy atom. The standard InChI is InChI=1S/C21H22N4O4/c1-21(2)9-16-14(12-29-21)8-15-18(23-16)24(11-17(22)26)20(28)25(19(15)27)10-13-6-4-3-5-7-13/h3-8H,9-12H2,1-2H3,(H2,22,26). The van der Waals surface area contributed by atoms with Gasteiger partial charge in [-0.25, -0.2) is 9.78 Å². The smallest absolute Gasteiger partial charge is 0.333 e. The van der Waals surface area contributed by atoms with Crippen LogP contribution in [0.3, 0.4) is 0 Å². The minimum Gasteiger partial charge on any atom is -0.370 e. The van der Waals surface area contributed by atoms with Gasteiger partial charge in [-0.3, -0.25) is 18.7 Å². The molecule has 4 rings (SSSR count). The third-order valence-electron chi connectivity index (χ3n) is 5.07. The second kappa shape index (κ2) is 6.97. The van der Waals surface area contributed by atoms with E-state index in [1.165, 1.54) is 4.57 Å². The average molecular weight is 394 g/mol. The summed E-state index contributed by atoms with van der Waals surface area (Å²) in [5, 5.41) is 0.267. The first-order chi connectivity index (χ1) is 13.7. The first-order valence-electron chi connectivity index (χ1n) is 9.37. The number of nitrogens with zero attached hydrogens (tertiary/aromatic N) is 3. The predicted octanol–water partition coefficient (Wildman–Crippen LogP) is 0.943. The number of fused-ring (bicyclic) bond motifs is 2. The Bertz CT molecular complexity index is 1230. The third-order valence-corrected chi connectivity index (χ3v) is 5.07. The van der Waals surface area contributed by atoms with Crippen LogP contribution >= 0.6 is 0 Å². The lowest BCUT2D eigenvalue weighted by atomic mass is 9.95. The van der Waals surface area contributed by atoms with Crippen LogP contribution in [0.5, 0.6) is 0 Å². The Balaban J connectivity index is 1.97. The Hall–Kier alpha value is -3.26. The Labute approximate surface area is 166 Å². The van der Waals surface area contributed by atoms with Gasteiger partial charge in [0, 0.05) is 12.0 Å². The summed E-state index contributed by atoms with van der Waals surface area (Å²) in [5.41, 5.74) is 6.46. The van der Waals surface area contributed by atoms with Crippen LogP contribution in [-0.2, 0) is 35.6 Å². The summed E-state index contributed by atoms with van der Waals surface area (Å²) >= 11 is 0. The van der Waals surface area contributed by atoms with E-state index in [2.05, 4.69) is 4.98 Å². The number of rotatable bonds is 4. The molecule has 1 aliphatic heterocycles. The molecule has 29 heavy (non-hydrogen) atoms. The molecule has 1 aromatic carbocycles. The van der Waals surface area contributed by atoms with Crippen LogP contribution in [0, 0.1) is 0 Å². The Kier molecular flexibility index (Phi) is 4.58. The van der Waals surface area contributed by atoms with Gasteiger partial charge in [0.2, 0.25) is 5.91 Å². The van der Waals surface area contributed by atoms with Gasteiger partial charge in [-0.1, -0.05) is 30.3 Å². The van der Waals surface area contributed by atoms with Crippen molar-refractivity contribution in [1.29, 1.82) is 0 Å². The number of ether oxygens (including phenoxy) is 1. The third kappa shape index (κ3) is 3.58. The summed E-state index contributed by atoms with van der Waals surface area (Å²) in [4.78, 5) is 42.5. The number of hydrogen-bond acceptors (Lipinski definition) is 5. The number of primary amides is 1. The van der Waals surface area contributed by atoms with Gasteiger partial charge >= 0.3 is 5.69 Å². The molecule has 0 unspecified atom stereocenters. The van der Waals surface area contributed by atoms with E-state index in [1.807, 2.05) is 44.2 Å². The molecule has 0 spiro atoms. The highest BCUT2D eigenvalue weighted by Crippen LogP contribution is 2.27. The lowest BCUT2D eigenvalue weighted by Gasteiger charge is -2.31. The zero-order valence-corrected chi connectivity index (χ0v) is 16.3. The van der Waals surface area contributed by atoms with Crippen molar-refractivity contribution in [3.8, 4) is 0 Å². The van der Waals surface area contributed by atoms with Gasteiger partial charge in [-0.15, -0.1) is 0 Å². The highest BCUT2D eigenvalue weighted by molar-refractivity contribution is 5.79. The maximum atomic E-state index is 13.2. The molecule has 1 amide bonds. The summed E-state index contributed by atoms with van der Waals surface area (Å²) in [6.07, 6.45) is 0.538. The molecular formula is C21H22N4O4. The van der Waals surface area contributed by atoms with Crippen LogP contribution in [0.2, 0.25) is 0 Å². The average Bonchev–Trinajstić information content (AvgIpc) is 2.67. The zero-order valence-electron chi connectivity index (χ0n) is 16.3. The largest absolute Gasteiger partial charge is 0.370 e. The predicted molar refractivity (Wildman–Crippen MR) is 108 cm³/mol. The summed E-state index contributed by atoms with van der Waals surface area (Å²) < 4.78 is 8.13. The Morgan fingerprint density at radius 2 is 1.93 bits per heavy atom. The molecule has 1 aliphatic rings. The van der Waals surface area contributed by atoms with Crippen molar-refractivity contribution in [1.82, 2.24) is 14.1 Å². The van der Waals surface area contributed by atoms with Gasteiger partial charge in [0.25, 0.3) is 5.56 Å². The molecule has 8 nitrogen and oxygen atoms in total. The van der Waals surface area contributed by atoms with Gasteiger partial charge in [-0.05, 0) is 25.5 Å². The Morgan fingerprint density at radius 3 is 2.62 bits per heavy atom. The fourth-order valence-electron chi connectivity index (χ4n) is 3.62. The first-order valence-corrected chi connectivity index (χ1v) is 9.37. The van der Waals surface area contributed by atoms with Crippen LogP contribution in [0.1, 0.15) is 30.7 Å². The number of carbonyl (C=O) groups is 1. The maximum absolute atomic E-state index is 13.2. The summed E-state index contributed by atoms with van der Waals surface area (Å²) in [6.45, 7) is 3.98. The summed E-state index contributed by atoms with van der Waals surface area (Å²) in [7, 11) is 0.